The lowest BCUT2D eigenvalue weighted by Crippen LogP contribution is -2.59. The van der Waals surface area contributed by atoms with Gasteiger partial charge in [0.15, 0.2) is 0 Å². The number of carbonyl (C=O) groups is 2. The zero-order valence-corrected chi connectivity index (χ0v) is 12.6. The summed E-state index contributed by atoms with van der Waals surface area (Å²) in [5.41, 5.74) is -1.89. The van der Waals surface area contributed by atoms with E-state index in [1.807, 2.05) is 6.92 Å². The van der Waals surface area contributed by atoms with Crippen LogP contribution >= 0.6 is 0 Å². The van der Waals surface area contributed by atoms with Gasteiger partial charge in [0.2, 0.25) is 0 Å². The van der Waals surface area contributed by atoms with E-state index >= 15 is 0 Å². The second-order valence-electron chi connectivity index (χ2n) is 5.64. The predicted molar refractivity (Wildman–Crippen MR) is 75.2 cm³/mol. The Labute approximate surface area is 115 Å². The van der Waals surface area contributed by atoms with Crippen molar-refractivity contribution in [2.75, 3.05) is 19.6 Å². The van der Waals surface area contributed by atoms with Crippen LogP contribution in [-0.4, -0.2) is 42.3 Å². The van der Waals surface area contributed by atoms with Gasteiger partial charge in [-0.3, -0.25) is 4.79 Å². The molecule has 0 saturated carbocycles. The molecule has 0 aliphatic carbocycles. The van der Waals surface area contributed by atoms with Gasteiger partial charge in [-0.15, -0.1) is 0 Å². The lowest BCUT2D eigenvalue weighted by atomic mass is 9.74. The lowest BCUT2D eigenvalue weighted by Gasteiger charge is -2.38. The summed E-state index contributed by atoms with van der Waals surface area (Å²) in [5, 5.41) is 17.8. The van der Waals surface area contributed by atoms with Crippen molar-refractivity contribution >= 4 is 12.0 Å². The monoisotopic (exact) mass is 273 g/mol. The zero-order chi connectivity index (χ0) is 15.1. The van der Waals surface area contributed by atoms with E-state index in [0.717, 1.165) is 19.5 Å². The summed E-state index contributed by atoms with van der Waals surface area (Å²) in [4.78, 5) is 22.9. The van der Waals surface area contributed by atoms with E-state index in [2.05, 4.69) is 16.0 Å². The Kier molecular flexibility index (Phi) is 6.83. The predicted octanol–water partition coefficient (Wildman–Crippen LogP) is 1.17. The molecule has 0 spiro atoms. The first-order valence-corrected chi connectivity index (χ1v) is 6.65. The van der Waals surface area contributed by atoms with Gasteiger partial charge in [0.05, 0.1) is 11.0 Å². The van der Waals surface area contributed by atoms with Crippen LogP contribution < -0.4 is 16.0 Å². The average Bonchev–Trinajstić information content (AvgIpc) is 2.27. The highest BCUT2D eigenvalue weighted by Gasteiger charge is 2.44. The van der Waals surface area contributed by atoms with Crippen molar-refractivity contribution in [1.82, 2.24) is 16.0 Å². The molecule has 0 aromatic rings. The van der Waals surface area contributed by atoms with E-state index in [1.165, 1.54) is 0 Å². The third-order valence-corrected chi connectivity index (χ3v) is 3.59. The molecular weight excluding hydrogens is 246 g/mol. The number of hydrogen-bond donors (Lipinski definition) is 4. The summed E-state index contributed by atoms with van der Waals surface area (Å²) in [5.74, 6) is -0.940. The van der Waals surface area contributed by atoms with E-state index < -0.39 is 16.9 Å². The van der Waals surface area contributed by atoms with Gasteiger partial charge in [-0.05, 0) is 47.2 Å². The van der Waals surface area contributed by atoms with Gasteiger partial charge in [-0.2, -0.15) is 0 Å². The summed E-state index contributed by atoms with van der Waals surface area (Å²) in [6.07, 6.45) is 0.837. The van der Waals surface area contributed by atoms with Crippen LogP contribution in [0.5, 0.6) is 0 Å². The molecule has 0 saturated heterocycles. The highest BCUT2D eigenvalue weighted by Crippen LogP contribution is 2.30. The number of carbonyl (C=O) groups excluding carboxylic acids is 1. The molecule has 0 aromatic carbocycles. The minimum Gasteiger partial charge on any atom is -0.481 e. The number of nitrogens with one attached hydrogen (secondary N) is 3. The number of urea groups is 1. The molecule has 0 aliphatic rings. The molecule has 0 bridgehead atoms. The number of amides is 2. The largest absolute Gasteiger partial charge is 0.481 e. The number of hydrogen-bond acceptors (Lipinski definition) is 3. The summed E-state index contributed by atoms with van der Waals surface area (Å²) in [6, 6.07) is -0.337. The van der Waals surface area contributed by atoms with Gasteiger partial charge in [0, 0.05) is 6.54 Å². The standard InChI is InChI=1S/C13H27N3O3/c1-6-14-8-7-9-15-11(19)16-13(4,5)12(2,3)10(17)18/h14H,6-9H2,1-5H3,(H,17,18)(H2,15,16,19). The lowest BCUT2D eigenvalue weighted by molar-refractivity contribution is -0.150. The summed E-state index contributed by atoms with van der Waals surface area (Å²) < 4.78 is 0. The van der Waals surface area contributed by atoms with Crippen molar-refractivity contribution in [2.24, 2.45) is 5.41 Å². The van der Waals surface area contributed by atoms with E-state index in [4.69, 9.17) is 0 Å². The molecule has 0 heterocycles. The fourth-order valence-corrected chi connectivity index (χ4v) is 1.34. The fraction of sp³-hybridized carbons (Fsp3) is 0.846. The van der Waals surface area contributed by atoms with Gasteiger partial charge in [-0.1, -0.05) is 6.92 Å². The van der Waals surface area contributed by atoms with Crippen LogP contribution in [0.15, 0.2) is 0 Å². The number of aliphatic carboxylic acids is 1. The Hall–Kier alpha value is -1.30. The van der Waals surface area contributed by atoms with Crippen molar-refractivity contribution in [2.45, 2.75) is 46.6 Å². The minimum atomic E-state index is -1.05. The fourth-order valence-electron chi connectivity index (χ4n) is 1.34. The maximum Gasteiger partial charge on any atom is 0.315 e. The molecule has 6 nitrogen and oxygen atoms in total. The molecule has 0 radical (unpaired) electrons. The van der Waals surface area contributed by atoms with Crippen LogP contribution in [0.3, 0.4) is 0 Å². The van der Waals surface area contributed by atoms with Crippen LogP contribution in [0, 0.1) is 5.41 Å². The summed E-state index contributed by atoms with van der Waals surface area (Å²) in [6.45, 7) is 11.0. The first-order valence-electron chi connectivity index (χ1n) is 6.65. The normalized spacial score (nSPS) is 12.1. The Morgan fingerprint density at radius 3 is 2.16 bits per heavy atom. The van der Waals surface area contributed by atoms with Crippen LogP contribution in [0.25, 0.3) is 0 Å². The van der Waals surface area contributed by atoms with Crippen molar-refractivity contribution in [3.63, 3.8) is 0 Å². The number of carboxylic acids is 1. The summed E-state index contributed by atoms with van der Waals surface area (Å²) in [7, 11) is 0. The molecule has 0 fully saturated rings. The van der Waals surface area contributed by atoms with E-state index in [-0.39, 0.29) is 6.03 Å². The SMILES string of the molecule is CCNCCCNC(=O)NC(C)(C)C(C)(C)C(=O)O. The molecule has 0 unspecified atom stereocenters. The molecule has 4 N–H and O–H groups in total. The third kappa shape index (κ3) is 5.46. The number of rotatable bonds is 8. The van der Waals surface area contributed by atoms with Gasteiger partial charge in [0.25, 0.3) is 0 Å². The van der Waals surface area contributed by atoms with Crippen molar-refractivity contribution in [3.8, 4) is 0 Å². The quantitative estimate of drug-likeness (QED) is 0.500. The molecule has 0 rings (SSSR count). The van der Waals surface area contributed by atoms with Crippen LogP contribution in [0.1, 0.15) is 41.0 Å². The van der Waals surface area contributed by atoms with Crippen molar-refractivity contribution < 1.29 is 14.7 Å². The zero-order valence-electron chi connectivity index (χ0n) is 12.6. The average molecular weight is 273 g/mol. The highest BCUT2D eigenvalue weighted by molar-refractivity contribution is 5.79. The molecule has 112 valence electrons. The van der Waals surface area contributed by atoms with Crippen LogP contribution in [0.2, 0.25) is 0 Å². The highest BCUT2D eigenvalue weighted by atomic mass is 16.4. The third-order valence-electron chi connectivity index (χ3n) is 3.59. The maximum absolute atomic E-state index is 11.7. The van der Waals surface area contributed by atoms with Crippen molar-refractivity contribution in [1.29, 1.82) is 0 Å². The van der Waals surface area contributed by atoms with E-state index in [9.17, 15) is 14.7 Å². The molecule has 0 aliphatic heterocycles. The molecule has 0 aromatic heterocycles. The summed E-state index contributed by atoms with van der Waals surface area (Å²) >= 11 is 0. The molecule has 0 atom stereocenters. The van der Waals surface area contributed by atoms with Crippen LogP contribution in [0.4, 0.5) is 4.79 Å². The Morgan fingerprint density at radius 2 is 1.68 bits per heavy atom. The second kappa shape index (κ2) is 7.33. The van der Waals surface area contributed by atoms with Gasteiger partial charge < -0.3 is 21.1 Å². The van der Waals surface area contributed by atoms with Crippen molar-refractivity contribution in [3.05, 3.63) is 0 Å². The Bertz CT molecular complexity index is 314. The first-order chi connectivity index (χ1) is 8.65. The minimum absolute atomic E-state index is 0.337. The van der Waals surface area contributed by atoms with Gasteiger partial charge in [-0.25, -0.2) is 4.79 Å². The molecule has 19 heavy (non-hydrogen) atoms. The smallest absolute Gasteiger partial charge is 0.315 e. The second-order valence-corrected chi connectivity index (χ2v) is 5.64. The van der Waals surface area contributed by atoms with E-state index in [1.54, 1.807) is 27.7 Å². The molecule has 6 heteroatoms. The molecule has 2 amide bonds. The molecular formula is C13H27N3O3. The first kappa shape index (κ1) is 17.7. The van der Waals surface area contributed by atoms with Crippen LogP contribution in [-0.2, 0) is 4.79 Å². The number of carboxylic acid groups (broad SMARTS) is 1. The Balaban J connectivity index is 4.21. The van der Waals surface area contributed by atoms with E-state index in [0.29, 0.717) is 6.54 Å². The maximum atomic E-state index is 11.7. The van der Waals surface area contributed by atoms with Gasteiger partial charge in [0.1, 0.15) is 0 Å². The van der Waals surface area contributed by atoms with Gasteiger partial charge >= 0.3 is 12.0 Å². The topological polar surface area (TPSA) is 90.5 Å². The Morgan fingerprint density at radius 1 is 1.11 bits per heavy atom.